The van der Waals surface area contributed by atoms with Crippen LogP contribution in [0.25, 0.3) is 6.08 Å². The summed E-state index contributed by atoms with van der Waals surface area (Å²) in [7, 11) is 0. The van der Waals surface area contributed by atoms with E-state index in [0.717, 1.165) is 25.0 Å². The topological polar surface area (TPSA) is 82.5 Å². The zero-order chi connectivity index (χ0) is 21.5. The van der Waals surface area contributed by atoms with Gasteiger partial charge in [0.05, 0.1) is 18.3 Å². The second kappa shape index (κ2) is 10.6. The van der Waals surface area contributed by atoms with Crippen LogP contribution in [0, 0.1) is 6.92 Å². The van der Waals surface area contributed by atoms with Crippen molar-refractivity contribution >= 4 is 41.2 Å². The van der Waals surface area contributed by atoms with E-state index in [1.165, 1.54) is 12.2 Å². The molecule has 3 rings (SSSR count). The quantitative estimate of drug-likeness (QED) is 0.491. The second-order valence-corrected chi connectivity index (χ2v) is 7.68. The molecule has 1 N–H and O–H groups in total. The summed E-state index contributed by atoms with van der Waals surface area (Å²) in [4.78, 5) is 23.7. The Hall–Kier alpha value is -2.35. The number of aryl methyl sites for hydroxylation is 1. The van der Waals surface area contributed by atoms with Crippen molar-refractivity contribution in [2.45, 2.75) is 32.4 Å². The second-order valence-electron chi connectivity index (χ2n) is 6.92. The van der Waals surface area contributed by atoms with Gasteiger partial charge in [0.1, 0.15) is 5.15 Å². The minimum Gasteiger partial charge on any atom is -0.452 e. The number of aromatic nitrogens is 2. The molecular weight excluding hydrogens is 429 g/mol. The Morgan fingerprint density at radius 3 is 2.90 bits per heavy atom. The molecular formula is C21H23Cl2N3O4. The van der Waals surface area contributed by atoms with Gasteiger partial charge in [-0.25, -0.2) is 9.48 Å². The van der Waals surface area contributed by atoms with Crippen LogP contribution in [0.2, 0.25) is 10.2 Å². The van der Waals surface area contributed by atoms with Gasteiger partial charge in [0.15, 0.2) is 6.61 Å². The van der Waals surface area contributed by atoms with Crippen LogP contribution in [0.5, 0.6) is 0 Å². The molecule has 1 aliphatic heterocycles. The lowest BCUT2D eigenvalue weighted by atomic mass is 10.2. The van der Waals surface area contributed by atoms with E-state index in [9.17, 15) is 9.59 Å². The van der Waals surface area contributed by atoms with E-state index in [-0.39, 0.29) is 18.6 Å². The Kier molecular flexibility index (Phi) is 7.90. The van der Waals surface area contributed by atoms with Crippen molar-refractivity contribution in [3.63, 3.8) is 0 Å². The van der Waals surface area contributed by atoms with E-state index in [0.29, 0.717) is 34.5 Å². The van der Waals surface area contributed by atoms with E-state index in [2.05, 4.69) is 10.4 Å². The fourth-order valence-corrected chi connectivity index (χ4v) is 3.56. The van der Waals surface area contributed by atoms with Crippen LogP contribution < -0.4 is 5.32 Å². The third-order valence-corrected chi connectivity index (χ3v) is 5.44. The van der Waals surface area contributed by atoms with Crippen LogP contribution in [0.3, 0.4) is 0 Å². The molecule has 2 aromatic rings. The smallest absolute Gasteiger partial charge is 0.331 e. The van der Waals surface area contributed by atoms with Gasteiger partial charge in [-0.2, -0.15) is 5.10 Å². The van der Waals surface area contributed by atoms with Crippen LogP contribution >= 0.6 is 23.2 Å². The Morgan fingerprint density at radius 2 is 2.17 bits per heavy atom. The van der Waals surface area contributed by atoms with Gasteiger partial charge in [0.2, 0.25) is 0 Å². The fourth-order valence-electron chi connectivity index (χ4n) is 3.07. The summed E-state index contributed by atoms with van der Waals surface area (Å²) in [5.41, 5.74) is 2.14. The Balaban J connectivity index is 1.52. The van der Waals surface area contributed by atoms with E-state index in [1.807, 2.05) is 18.2 Å². The molecule has 2 heterocycles. The number of nitrogens with zero attached hydrogens (tertiary/aromatic N) is 2. The Morgan fingerprint density at radius 1 is 1.37 bits per heavy atom. The number of carbonyl (C=O) groups excluding carboxylic acids is 2. The van der Waals surface area contributed by atoms with E-state index >= 15 is 0 Å². The van der Waals surface area contributed by atoms with E-state index in [1.54, 1.807) is 17.7 Å². The Labute approximate surface area is 184 Å². The lowest BCUT2D eigenvalue weighted by molar-refractivity contribution is -0.143. The summed E-state index contributed by atoms with van der Waals surface area (Å²) in [5.74, 6) is -1.01. The van der Waals surface area contributed by atoms with Gasteiger partial charge in [-0.15, -0.1) is 0 Å². The predicted molar refractivity (Wildman–Crippen MR) is 115 cm³/mol. The number of rotatable bonds is 8. The molecule has 0 spiro atoms. The van der Waals surface area contributed by atoms with Crippen LogP contribution in [0.1, 0.15) is 29.7 Å². The minimum atomic E-state index is -0.642. The fraction of sp³-hybridized carbons (Fsp3) is 0.381. The highest BCUT2D eigenvalue weighted by Gasteiger charge is 2.17. The minimum absolute atomic E-state index is 0.0389. The Bertz CT molecular complexity index is 936. The van der Waals surface area contributed by atoms with Crippen molar-refractivity contribution in [1.29, 1.82) is 0 Å². The first-order valence-corrected chi connectivity index (χ1v) is 10.4. The van der Waals surface area contributed by atoms with Crippen molar-refractivity contribution in [3.05, 3.63) is 57.3 Å². The molecule has 160 valence electrons. The van der Waals surface area contributed by atoms with E-state index in [4.69, 9.17) is 32.7 Å². The molecule has 7 nitrogen and oxygen atoms in total. The first-order valence-electron chi connectivity index (χ1n) is 9.63. The van der Waals surface area contributed by atoms with Gasteiger partial charge in [-0.1, -0.05) is 41.4 Å². The normalized spacial score (nSPS) is 16.2. The standard InChI is InChI=1S/C21H23Cl2N3O4/c1-14-17(21(23)26(25-14)12-15-5-2-3-7-18(15)22)8-9-20(28)30-13-19(27)24-11-16-6-4-10-29-16/h2-3,5,7-9,16H,4,6,10-13H2,1H3,(H,24,27)/b9-8+/t16-/m0/s1. The first kappa shape index (κ1) is 22.3. The third-order valence-electron chi connectivity index (χ3n) is 4.67. The van der Waals surface area contributed by atoms with Gasteiger partial charge in [0, 0.05) is 29.8 Å². The number of carbonyl (C=O) groups is 2. The molecule has 1 amide bonds. The molecule has 1 aromatic carbocycles. The summed E-state index contributed by atoms with van der Waals surface area (Å²) in [5, 5.41) is 8.11. The molecule has 0 bridgehead atoms. The monoisotopic (exact) mass is 451 g/mol. The maximum atomic E-state index is 11.9. The van der Waals surface area contributed by atoms with Crippen molar-refractivity contribution in [2.24, 2.45) is 0 Å². The van der Waals surface area contributed by atoms with Crippen LogP contribution in [0.15, 0.2) is 30.3 Å². The number of hydrogen-bond acceptors (Lipinski definition) is 5. The van der Waals surface area contributed by atoms with Gasteiger partial charge >= 0.3 is 5.97 Å². The molecule has 1 aromatic heterocycles. The highest BCUT2D eigenvalue weighted by atomic mass is 35.5. The number of halogens is 2. The molecule has 0 unspecified atom stereocenters. The number of esters is 1. The first-order chi connectivity index (χ1) is 14.4. The molecule has 9 heteroatoms. The molecule has 1 saturated heterocycles. The number of amides is 1. The highest BCUT2D eigenvalue weighted by molar-refractivity contribution is 6.32. The molecule has 0 radical (unpaired) electrons. The summed E-state index contributed by atoms with van der Waals surface area (Å²) < 4.78 is 12.0. The molecule has 1 fully saturated rings. The molecule has 30 heavy (non-hydrogen) atoms. The zero-order valence-electron chi connectivity index (χ0n) is 16.6. The average Bonchev–Trinajstić information content (AvgIpc) is 3.33. The third kappa shape index (κ3) is 6.08. The van der Waals surface area contributed by atoms with Gasteiger partial charge in [-0.3, -0.25) is 4.79 Å². The lowest BCUT2D eigenvalue weighted by Gasteiger charge is -2.10. The van der Waals surface area contributed by atoms with Crippen molar-refractivity contribution in [1.82, 2.24) is 15.1 Å². The SMILES string of the molecule is Cc1nn(Cc2ccccc2Cl)c(Cl)c1/C=C/C(=O)OCC(=O)NC[C@@H]1CCCO1. The molecule has 1 aliphatic rings. The molecule has 0 saturated carbocycles. The summed E-state index contributed by atoms with van der Waals surface area (Å²) >= 11 is 12.6. The van der Waals surface area contributed by atoms with Crippen molar-refractivity contribution < 1.29 is 19.1 Å². The summed E-state index contributed by atoms with van der Waals surface area (Å²) in [6.07, 6.45) is 4.71. The number of hydrogen-bond donors (Lipinski definition) is 1. The summed E-state index contributed by atoms with van der Waals surface area (Å²) in [6, 6.07) is 7.44. The lowest BCUT2D eigenvalue weighted by Crippen LogP contribution is -2.34. The summed E-state index contributed by atoms with van der Waals surface area (Å²) in [6.45, 7) is 2.98. The maximum absolute atomic E-state index is 11.9. The van der Waals surface area contributed by atoms with Gasteiger partial charge in [-0.05, 0) is 37.5 Å². The van der Waals surface area contributed by atoms with Gasteiger partial charge < -0.3 is 14.8 Å². The van der Waals surface area contributed by atoms with Crippen LogP contribution in [-0.4, -0.2) is 47.5 Å². The van der Waals surface area contributed by atoms with Gasteiger partial charge in [0.25, 0.3) is 5.91 Å². The molecule has 1 atom stereocenters. The van der Waals surface area contributed by atoms with Crippen LogP contribution in [-0.2, 0) is 25.6 Å². The maximum Gasteiger partial charge on any atom is 0.331 e. The average molecular weight is 452 g/mol. The van der Waals surface area contributed by atoms with Crippen molar-refractivity contribution in [2.75, 3.05) is 19.8 Å². The molecule has 0 aliphatic carbocycles. The predicted octanol–water partition coefficient (Wildman–Crippen LogP) is 3.40. The van der Waals surface area contributed by atoms with Crippen LogP contribution in [0.4, 0.5) is 0 Å². The number of nitrogens with one attached hydrogen (secondary N) is 1. The van der Waals surface area contributed by atoms with E-state index < -0.39 is 5.97 Å². The number of benzene rings is 1. The largest absolute Gasteiger partial charge is 0.452 e. The number of ether oxygens (including phenoxy) is 2. The zero-order valence-corrected chi connectivity index (χ0v) is 18.1. The highest BCUT2D eigenvalue weighted by Crippen LogP contribution is 2.24. The van der Waals surface area contributed by atoms with Crippen molar-refractivity contribution in [3.8, 4) is 0 Å².